The van der Waals surface area contributed by atoms with Gasteiger partial charge < -0.3 is 0 Å². The van der Waals surface area contributed by atoms with E-state index >= 15 is 0 Å². The molecule has 0 heterocycles. The largest absolute Gasteiger partial charge is 0.344 e. The van der Waals surface area contributed by atoms with Gasteiger partial charge in [-0.25, -0.2) is 0 Å². The molecule has 0 aromatic carbocycles. The van der Waals surface area contributed by atoms with Crippen molar-refractivity contribution in [1.29, 1.82) is 0 Å². The summed E-state index contributed by atoms with van der Waals surface area (Å²) in [7, 11) is 0. The molecule has 0 spiro atoms. The maximum atomic E-state index is 6.18. The predicted octanol–water partition coefficient (Wildman–Crippen LogP) is 10.5. The normalized spacial score (nSPS) is 14.0. The van der Waals surface area contributed by atoms with E-state index in [2.05, 4.69) is 6.92 Å². The van der Waals surface area contributed by atoms with Crippen LogP contribution >= 0.6 is 66.5 Å². The van der Waals surface area contributed by atoms with Crippen LogP contribution in [-0.4, -0.2) is 12.0 Å². The Bertz CT molecular complexity index is 318. The van der Waals surface area contributed by atoms with Crippen LogP contribution in [0.5, 0.6) is 0 Å². The summed E-state index contributed by atoms with van der Waals surface area (Å²) in [5.41, 5.74) is -0.0241. The standard InChI is InChI=1S/C18H36Cl6Si2/c1-2-3-4-5-6-7-8-9-10-11-12-13-14-15-16-18(26(22,23)24)17-25(19,20)21/h18H,2-17H2,1H3. The zero-order valence-corrected chi connectivity index (χ0v) is 22.7. The molecule has 1 unspecified atom stereocenters. The first-order chi connectivity index (χ1) is 12.2. The third kappa shape index (κ3) is 19.5. The van der Waals surface area contributed by atoms with Crippen molar-refractivity contribution in [2.24, 2.45) is 0 Å². The van der Waals surface area contributed by atoms with E-state index in [-0.39, 0.29) is 5.54 Å². The molecule has 158 valence electrons. The molecule has 0 saturated heterocycles. The van der Waals surface area contributed by atoms with Crippen LogP contribution in [0, 0.1) is 0 Å². The molecule has 0 saturated carbocycles. The van der Waals surface area contributed by atoms with Crippen LogP contribution in [0.3, 0.4) is 0 Å². The van der Waals surface area contributed by atoms with Gasteiger partial charge in [0.2, 0.25) is 0 Å². The van der Waals surface area contributed by atoms with Crippen molar-refractivity contribution in [1.82, 2.24) is 0 Å². The zero-order valence-electron chi connectivity index (χ0n) is 16.2. The minimum absolute atomic E-state index is 0.0241. The maximum absolute atomic E-state index is 6.18. The van der Waals surface area contributed by atoms with Crippen LogP contribution in [-0.2, 0) is 0 Å². The van der Waals surface area contributed by atoms with Gasteiger partial charge in [-0.05, 0) is 18.0 Å². The lowest BCUT2D eigenvalue weighted by Gasteiger charge is -2.24. The number of hydrogen-bond donors (Lipinski definition) is 0. The van der Waals surface area contributed by atoms with Crippen molar-refractivity contribution in [3.05, 3.63) is 0 Å². The second-order valence-electron chi connectivity index (χ2n) is 7.44. The molecular formula is C18H36Cl6Si2. The zero-order chi connectivity index (χ0) is 19.9. The fourth-order valence-corrected chi connectivity index (χ4v) is 12.3. The second kappa shape index (κ2) is 16.9. The summed E-state index contributed by atoms with van der Waals surface area (Å²) >= 11 is 36.6. The number of hydrogen-bond acceptors (Lipinski definition) is 0. The Hall–Kier alpha value is 2.17. The van der Waals surface area contributed by atoms with Crippen LogP contribution < -0.4 is 0 Å². The molecule has 8 heteroatoms. The molecule has 0 radical (unpaired) electrons. The molecule has 0 aromatic heterocycles. The summed E-state index contributed by atoms with van der Waals surface area (Å²) in [6.45, 7) is 2.27. The summed E-state index contributed by atoms with van der Waals surface area (Å²) < 4.78 is 0. The van der Waals surface area contributed by atoms with Crippen molar-refractivity contribution in [2.45, 2.75) is 115 Å². The van der Waals surface area contributed by atoms with Gasteiger partial charge in [0.15, 0.2) is 0 Å². The number of halogens is 6. The SMILES string of the molecule is CCCCCCCCCCCCCCCCC(C[Si](Cl)(Cl)Cl)[Si](Cl)(Cl)Cl. The fraction of sp³-hybridized carbons (Fsp3) is 1.00. The monoisotopic (exact) mass is 518 g/mol. The molecule has 0 N–H and O–H groups in total. The topological polar surface area (TPSA) is 0 Å². The second-order valence-corrected chi connectivity index (χ2v) is 25.6. The van der Waals surface area contributed by atoms with Gasteiger partial charge in [0, 0.05) is 0 Å². The summed E-state index contributed by atoms with van der Waals surface area (Å²) in [5, 5.41) is 0. The highest BCUT2D eigenvalue weighted by molar-refractivity contribution is 7.67. The van der Waals surface area contributed by atoms with Crippen LogP contribution in [0.1, 0.15) is 103 Å². The van der Waals surface area contributed by atoms with E-state index in [1.54, 1.807) is 0 Å². The lowest BCUT2D eigenvalue weighted by molar-refractivity contribution is 0.531. The average molecular weight is 521 g/mol. The summed E-state index contributed by atoms with van der Waals surface area (Å²) in [6, 6.07) is -5.07. The highest BCUT2D eigenvalue weighted by Crippen LogP contribution is 2.45. The van der Waals surface area contributed by atoms with Gasteiger partial charge in [-0.2, -0.15) is 0 Å². The van der Waals surface area contributed by atoms with Crippen molar-refractivity contribution >= 4 is 78.5 Å². The van der Waals surface area contributed by atoms with Gasteiger partial charge in [0.05, 0.1) is 0 Å². The molecule has 0 aromatic rings. The Morgan fingerprint density at radius 2 is 0.885 bits per heavy atom. The minimum atomic E-state index is -2.80. The molecule has 0 fully saturated rings. The first-order valence-corrected chi connectivity index (χ1v) is 20.7. The molecule has 0 amide bonds. The van der Waals surface area contributed by atoms with Crippen LogP contribution in [0.4, 0.5) is 0 Å². The summed E-state index contributed by atoms with van der Waals surface area (Å²) in [4.78, 5) is 0. The van der Waals surface area contributed by atoms with E-state index in [1.807, 2.05) is 0 Å². The molecule has 0 aliphatic carbocycles. The Kier molecular flexibility index (Phi) is 18.3. The van der Waals surface area contributed by atoms with E-state index in [9.17, 15) is 0 Å². The predicted molar refractivity (Wildman–Crippen MR) is 130 cm³/mol. The molecule has 0 bridgehead atoms. The van der Waals surface area contributed by atoms with Gasteiger partial charge in [-0.3, -0.25) is 0 Å². The van der Waals surface area contributed by atoms with E-state index in [4.69, 9.17) is 66.5 Å². The van der Waals surface area contributed by atoms with Crippen molar-refractivity contribution in [3.63, 3.8) is 0 Å². The van der Waals surface area contributed by atoms with Gasteiger partial charge >= 0.3 is 12.0 Å². The molecule has 0 rings (SSSR count). The third-order valence-electron chi connectivity index (χ3n) is 4.85. The lowest BCUT2D eigenvalue weighted by Crippen LogP contribution is -2.25. The molecular weight excluding hydrogens is 485 g/mol. The Morgan fingerprint density at radius 1 is 0.538 bits per heavy atom. The first-order valence-electron chi connectivity index (χ1n) is 10.3. The highest BCUT2D eigenvalue weighted by Gasteiger charge is 2.42. The van der Waals surface area contributed by atoms with Gasteiger partial charge in [-0.1, -0.05) is 96.8 Å². The van der Waals surface area contributed by atoms with Crippen molar-refractivity contribution in [3.8, 4) is 0 Å². The molecule has 26 heavy (non-hydrogen) atoms. The van der Waals surface area contributed by atoms with Gasteiger partial charge in [0.1, 0.15) is 0 Å². The molecule has 1 atom stereocenters. The lowest BCUT2D eigenvalue weighted by atomic mass is 10.0. The van der Waals surface area contributed by atoms with Crippen molar-refractivity contribution < 1.29 is 0 Å². The van der Waals surface area contributed by atoms with E-state index in [1.165, 1.54) is 83.5 Å². The number of rotatable bonds is 18. The van der Waals surface area contributed by atoms with E-state index < -0.39 is 12.0 Å². The van der Waals surface area contributed by atoms with Crippen molar-refractivity contribution in [2.75, 3.05) is 0 Å². The van der Waals surface area contributed by atoms with Gasteiger partial charge in [0.25, 0.3) is 0 Å². The first kappa shape index (κ1) is 28.2. The average Bonchev–Trinajstić information content (AvgIpc) is 2.52. The quantitative estimate of drug-likeness (QED) is 0.0956. The Morgan fingerprint density at radius 3 is 1.19 bits per heavy atom. The maximum Gasteiger partial charge on any atom is 0.344 e. The summed E-state index contributed by atoms with van der Waals surface area (Å²) in [5.74, 6) is 0. The smallest absolute Gasteiger partial charge is 0.126 e. The molecule has 0 nitrogen and oxygen atoms in total. The Labute approximate surface area is 192 Å². The minimum Gasteiger partial charge on any atom is -0.126 e. The third-order valence-corrected chi connectivity index (χ3v) is 11.8. The van der Waals surface area contributed by atoms with Gasteiger partial charge in [-0.15, -0.1) is 66.5 Å². The molecule has 0 aliphatic rings. The number of unbranched alkanes of at least 4 members (excludes halogenated alkanes) is 13. The Balaban J connectivity index is 3.51. The fourth-order valence-electron chi connectivity index (χ4n) is 3.25. The van der Waals surface area contributed by atoms with Crippen LogP contribution in [0.2, 0.25) is 11.6 Å². The highest BCUT2D eigenvalue weighted by atomic mass is 35.8. The van der Waals surface area contributed by atoms with E-state index in [0.29, 0.717) is 6.04 Å². The van der Waals surface area contributed by atoms with Crippen LogP contribution in [0.25, 0.3) is 0 Å². The van der Waals surface area contributed by atoms with Crippen LogP contribution in [0.15, 0.2) is 0 Å². The van der Waals surface area contributed by atoms with E-state index in [0.717, 1.165) is 12.8 Å². The summed E-state index contributed by atoms with van der Waals surface area (Å²) in [6.07, 6.45) is 19.6. The molecule has 0 aliphatic heterocycles.